The van der Waals surface area contributed by atoms with Crippen LogP contribution in [0.1, 0.15) is 12.5 Å². The molecule has 8 nitrogen and oxygen atoms in total. The summed E-state index contributed by atoms with van der Waals surface area (Å²) in [7, 11) is 0. The molecule has 2 heterocycles. The Morgan fingerprint density at radius 3 is 2.78 bits per heavy atom. The molecular formula is C17H16FN5O3S. The van der Waals surface area contributed by atoms with E-state index < -0.39 is 18.0 Å². The van der Waals surface area contributed by atoms with Crippen LogP contribution in [0.3, 0.4) is 0 Å². The summed E-state index contributed by atoms with van der Waals surface area (Å²) in [5, 5.41) is 18.1. The van der Waals surface area contributed by atoms with Crippen molar-refractivity contribution in [1.82, 2.24) is 25.5 Å². The monoisotopic (exact) mass is 389 g/mol. The van der Waals surface area contributed by atoms with Crippen LogP contribution >= 0.6 is 11.3 Å². The van der Waals surface area contributed by atoms with Gasteiger partial charge >= 0.3 is 5.97 Å². The highest BCUT2D eigenvalue weighted by atomic mass is 32.1. The molecule has 0 unspecified atom stereocenters. The van der Waals surface area contributed by atoms with Gasteiger partial charge in [-0.2, -0.15) is 16.1 Å². The molecule has 1 N–H and O–H groups in total. The van der Waals surface area contributed by atoms with E-state index in [9.17, 15) is 14.0 Å². The minimum absolute atomic E-state index is 0.204. The number of nitrogens with one attached hydrogen (secondary N) is 1. The summed E-state index contributed by atoms with van der Waals surface area (Å²) in [6, 6.07) is 7.58. The number of aromatic nitrogens is 4. The smallest absolute Gasteiger partial charge is 0.330 e. The fourth-order valence-electron chi connectivity index (χ4n) is 2.16. The third-order valence-electron chi connectivity index (χ3n) is 3.56. The van der Waals surface area contributed by atoms with Gasteiger partial charge in [0, 0.05) is 17.5 Å². The number of rotatable bonds is 7. The summed E-state index contributed by atoms with van der Waals surface area (Å²) in [6.45, 7) is 1.41. The van der Waals surface area contributed by atoms with Gasteiger partial charge < -0.3 is 10.1 Å². The summed E-state index contributed by atoms with van der Waals surface area (Å²) in [6.07, 6.45) is -0.988. The van der Waals surface area contributed by atoms with E-state index in [1.165, 1.54) is 30.4 Å². The highest BCUT2D eigenvalue weighted by Crippen LogP contribution is 2.16. The van der Waals surface area contributed by atoms with Crippen molar-refractivity contribution in [3.05, 3.63) is 52.5 Å². The quantitative estimate of drug-likeness (QED) is 0.619. The number of hydrogen-bond donors (Lipinski definition) is 1. The summed E-state index contributed by atoms with van der Waals surface area (Å²) in [5.41, 5.74) is 1.55. The largest absolute Gasteiger partial charge is 0.451 e. The highest BCUT2D eigenvalue weighted by Gasteiger charge is 2.19. The SMILES string of the molecule is C[C@H](OC(=O)Cn1nnc(-c2ccsc2)n1)C(=O)NCc1ccc(F)cc1. The Balaban J connectivity index is 1.46. The maximum atomic E-state index is 12.9. The van der Waals surface area contributed by atoms with Gasteiger partial charge in [-0.3, -0.25) is 4.79 Å². The molecule has 0 bridgehead atoms. The number of amides is 1. The van der Waals surface area contributed by atoms with Crippen molar-refractivity contribution in [3.63, 3.8) is 0 Å². The van der Waals surface area contributed by atoms with E-state index in [1.807, 2.05) is 16.8 Å². The first-order valence-corrected chi connectivity index (χ1v) is 8.97. The molecule has 1 amide bonds. The number of esters is 1. The van der Waals surface area contributed by atoms with Gasteiger partial charge in [-0.25, -0.2) is 9.18 Å². The zero-order valence-corrected chi connectivity index (χ0v) is 15.1. The fraction of sp³-hybridized carbons (Fsp3) is 0.235. The predicted molar refractivity (Wildman–Crippen MR) is 94.9 cm³/mol. The molecule has 1 atom stereocenters. The van der Waals surface area contributed by atoms with E-state index >= 15 is 0 Å². The lowest BCUT2D eigenvalue weighted by Crippen LogP contribution is -2.36. The number of benzene rings is 1. The molecule has 0 aliphatic carbocycles. The third-order valence-corrected chi connectivity index (χ3v) is 4.24. The van der Waals surface area contributed by atoms with Gasteiger partial charge in [0.15, 0.2) is 12.6 Å². The first-order valence-electron chi connectivity index (χ1n) is 8.03. The first kappa shape index (κ1) is 18.6. The van der Waals surface area contributed by atoms with Crippen LogP contribution in [0.2, 0.25) is 0 Å². The molecule has 140 valence electrons. The molecule has 0 spiro atoms. The summed E-state index contributed by atoms with van der Waals surface area (Å²) < 4.78 is 17.9. The highest BCUT2D eigenvalue weighted by molar-refractivity contribution is 7.08. The van der Waals surface area contributed by atoms with Crippen molar-refractivity contribution >= 4 is 23.2 Å². The zero-order chi connectivity index (χ0) is 19.2. The maximum absolute atomic E-state index is 12.9. The Bertz CT molecular complexity index is 911. The Morgan fingerprint density at radius 2 is 2.07 bits per heavy atom. The van der Waals surface area contributed by atoms with Gasteiger partial charge in [-0.15, -0.1) is 10.2 Å². The van der Waals surface area contributed by atoms with Gasteiger partial charge in [-0.05, 0) is 41.3 Å². The van der Waals surface area contributed by atoms with Gasteiger partial charge in [0.25, 0.3) is 5.91 Å². The van der Waals surface area contributed by atoms with Crippen LogP contribution in [-0.4, -0.2) is 38.2 Å². The summed E-state index contributed by atoms with van der Waals surface area (Å²) in [4.78, 5) is 25.1. The molecule has 0 radical (unpaired) electrons. The fourth-order valence-corrected chi connectivity index (χ4v) is 2.79. The van der Waals surface area contributed by atoms with Crippen LogP contribution in [0.15, 0.2) is 41.1 Å². The normalized spacial score (nSPS) is 11.8. The average molecular weight is 389 g/mol. The lowest BCUT2D eigenvalue weighted by atomic mass is 10.2. The first-order chi connectivity index (χ1) is 13.0. The van der Waals surface area contributed by atoms with Crippen LogP contribution in [0.25, 0.3) is 11.4 Å². The van der Waals surface area contributed by atoms with Crippen LogP contribution in [-0.2, 0) is 27.4 Å². The molecule has 0 fully saturated rings. The lowest BCUT2D eigenvalue weighted by molar-refractivity contribution is -0.155. The summed E-state index contributed by atoms with van der Waals surface area (Å²) in [5.74, 6) is -1.06. The van der Waals surface area contributed by atoms with E-state index in [0.717, 1.165) is 15.9 Å². The minimum Gasteiger partial charge on any atom is -0.451 e. The number of nitrogens with zero attached hydrogens (tertiary/aromatic N) is 4. The molecule has 27 heavy (non-hydrogen) atoms. The second-order valence-corrected chi connectivity index (χ2v) is 6.41. The van der Waals surface area contributed by atoms with Gasteiger partial charge in [0.1, 0.15) is 5.82 Å². The topological polar surface area (TPSA) is 99.0 Å². The number of ether oxygens (including phenoxy) is 1. The lowest BCUT2D eigenvalue weighted by Gasteiger charge is -2.13. The maximum Gasteiger partial charge on any atom is 0.330 e. The molecule has 3 aromatic rings. The van der Waals surface area contributed by atoms with E-state index in [4.69, 9.17) is 4.74 Å². The van der Waals surface area contributed by atoms with Crippen LogP contribution in [0.5, 0.6) is 0 Å². The molecular weight excluding hydrogens is 373 g/mol. The van der Waals surface area contributed by atoms with E-state index in [-0.39, 0.29) is 18.9 Å². The Hall–Kier alpha value is -3.14. The van der Waals surface area contributed by atoms with E-state index in [1.54, 1.807) is 12.1 Å². The zero-order valence-electron chi connectivity index (χ0n) is 14.3. The number of tetrazole rings is 1. The van der Waals surface area contributed by atoms with Crippen LogP contribution < -0.4 is 5.32 Å². The van der Waals surface area contributed by atoms with E-state index in [2.05, 4.69) is 20.7 Å². The van der Waals surface area contributed by atoms with Crippen molar-refractivity contribution in [2.45, 2.75) is 26.1 Å². The third kappa shape index (κ3) is 5.17. The molecule has 3 rings (SSSR count). The van der Waals surface area contributed by atoms with E-state index in [0.29, 0.717) is 5.82 Å². The van der Waals surface area contributed by atoms with Gasteiger partial charge in [0.05, 0.1) is 0 Å². The Morgan fingerprint density at radius 1 is 1.30 bits per heavy atom. The number of carbonyl (C=O) groups excluding carboxylic acids is 2. The molecule has 1 aromatic carbocycles. The number of hydrogen-bond acceptors (Lipinski definition) is 7. The number of thiophene rings is 1. The van der Waals surface area contributed by atoms with Crippen molar-refractivity contribution in [1.29, 1.82) is 0 Å². The molecule has 0 saturated carbocycles. The Labute approximate surface area is 158 Å². The molecule has 2 aromatic heterocycles. The summed E-state index contributed by atoms with van der Waals surface area (Å²) >= 11 is 1.50. The van der Waals surface area contributed by atoms with Gasteiger partial charge in [0.2, 0.25) is 5.82 Å². The van der Waals surface area contributed by atoms with Crippen molar-refractivity contribution in [2.24, 2.45) is 0 Å². The van der Waals surface area contributed by atoms with Crippen LogP contribution in [0.4, 0.5) is 4.39 Å². The second kappa shape index (κ2) is 8.49. The average Bonchev–Trinajstić information content (AvgIpc) is 3.32. The standard InChI is InChI=1S/C17H16FN5O3S/c1-11(17(25)19-8-12-2-4-14(18)5-3-12)26-15(24)9-23-21-16(20-22-23)13-6-7-27-10-13/h2-7,10-11H,8-9H2,1H3,(H,19,25)/t11-/m0/s1. The molecule has 0 aliphatic heterocycles. The Kier molecular flexibility index (Phi) is 5.87. The minimum atomic E-state index is -0.988. The van der Waals surface area contributed by atoms with Crippen molar-refractivity contribution in [2.75, 3.05) is 0 Å². The molecule has 10 heteroatoms. The number of halogens is 1. The number of carbonyl (C=O) groups is 2. The van der Waals surface area contributed by atoms with Crippen molar-refractivity contribution in [3.8, 4) is 11.4 Å². The molecule has 0 saturated heterocycles. The molecule has 0 aliphatic rings. The predicted octanol–water partition coefficient (Wildman–Crippen LogP) is 1.79. The van der Waals surface area contributed by atoms with Gasteiger partial charge in [-0.1, -0.05) is 12.1 Å². The second-order valence-electron chi connectivity index (χ2n) is 5.63. The van der Waals surface area contributed by atoms with Crippen molar-refractivity contribution < 1.29 is 18.7 Å². The van der Waals surface area contributed by atoms with Crippen LogP contribution in [0, 0.1) is 5.82 Å².